The molecule has 2 fully saturated rings. The van der Waals surface area contributed by atoms with E-state index in [0.29, 0.717) is 42.2 Å². The summed E-state index contributed by atoms with van der Waals surface area (Å²) >= 11 is 0. The number of benzene rings is 1. The van der Waals surface area contributed by atoms with Crippen LogP contribution >= 0.6 is 0 Å². The van der Waals surface area contributed by atoms with E-state index in [4.69, 9.17) is 4.74 Å². The maximum absolute atomic E-state index is 13.1. The molecule has 1 aromatic carbocycles. The lowest BCUT2D eigenvalue weighted by molar-refractivity contribution is -0.136. The third-order valence-electron chi connectivity index (χ3n) is 6.60. The van der Waals surface area contributed by atoms with Gasteiger partial charge >= 0.3 is 6.09 Å². The quantitative estimate of drug-likeness (QED) is 0.470. The summed E-state index contributed by atoms with van der Waals surface area (Å²) in [5.74, 6) is -0.391. The van der Waals surface area contributed by atoms with Gasteiger partial charge in [0.1, 0.15) is 11.6 Å². The summed E-state index contributed by atoms with van der Waals surface area (Å²) < 4.78 is 5.63. The Hall–Kier alpha value is -3.14. The van der Waals surface area contributed by atoms with E-state index in [-0.39, 0.29) is 24.8 Å². The lowest BCUT2D eigenvalue weighted by Gasteiger charge is -2.30. The molecule has 2 unspecified atom stereocenters. The molecule has 3 aliphatic heterocycles. The molecule has 1 aromatic rings. The van der Waals surface area contributed by atoms with Gasteiger partial charge in [-0.15, -0.1) is 0 Å². The molecule has 0 aromatic heterocycles. The van der Waals surface area contributed by atoms with Crippen LogP contribution in [-0.2, 0) is 20.9 Å². The average molecular weight is 486 g/mol. The summed E-state index contributed by atoms with van der Waals surface area (Å²) in [6.07, 6.45) is 1.15. The van der Waals surface area contributed by atoms with Gasteiger partial charge in [-0.25, -0.2) is 9.80 Å². The maximum Gasteiger partial charge on any atom is 0.429 e. The number of hydrazine groups is 1. The molecular formula is C25H35N5O5. The van der Waals surface area contributed by atoms with Crippen LogP contribution in [0.5, 0.6) is 0 Å². The Morgan fingerprint density at radius 3 is 2.66 bits per heavy atom. The third-order valence-corrected chi connectivity index (χ3v) is 6.60. The molecule has 4 rings (SSSR count). The van der Waals surface area contributed by atoms with Crippen molar-refractivity contribution in [1.82, 2.24) is 20.1 Å². The Labute approximate surface area is 205 Å². The zero-order chi connectivity index (χ0) is 25.3. The summed E-state index contributed by atoms with van der Waals surface area (Å²) in [4.78, 5) is 53.9. The van der Waals surface area contributed by atoms with Crippen molar-refractivity contribution in [3.05, 3.63) is 29.3 Å². The fourth-order valence-corrected chi connectivity index (χ4v) is 4.82. The number of carbonyl (C=O) groups excluding carboxylic acids is 4. The summed E-state index contributed by atoms with van der Waals surface area (Å²) in [5.41, 5.74) is 4.36. The number of nitrogens with one attached hydrogen (secondary N) is 2. The van der Waals surface area contributed by atoms with E-state index >= 15 is 0 Å². The number of carbonyl (C=O) groups is 4. The van der Waals surface area contributed by atoms with Crippen molar-refractivity contribution in [3.63, 3.8) is 0 Å². The Balaban J connectivity index is 1.52. The van der Waals surface area contributed by atoms with E-state index in [1.807, 2.05) is 26.8 Å². The Morgan fingerprint density at radius 1 is 1.23 bits per heavy atom. The second-order valence-corrected chi connectivity index (χ2v) is 10.7. The highest BCUT2D eigenvalue weighted by Gasteiger charge is 2.40. The van der Waals surface area contributed by atoms with Gasteiger partial charge in [-0.3, -0.25) is 25.1 Å². The number of anilines is 1. The van der Waals surface area contributed by atoms with Gasteiger partial charge in [0.15, 0.2) is 0 Å². The Kier molecular flexibility index (Phi) is 7.02. The largest absolute Gasteiger partial charge is 0.442 e. The summed E-state index contributed by atoms with van der Waals surface area (Å²) in [6, 6.07) is 4.59. The molecule has 2 atom stereocenters. The molecule has 2 saturated heterocycles. The number of hydrogen-bond donors (Lipinski definition) is 2. The zero-order valence-corrected chi connectivity index (χ0v) is 20.9. The van der Waals surface area contributed by atoms with Crippen molar-refractivity contribution in [1.29, 1.82) is 0 Å². The first-order chi connectivity index (χ1) is 16.5. The van der Waals surface area contributed by atoms with Gasteiger partial charge in [-0.1, -0.05) is 13.0 Å². The number of rotatable bonds is 6. The van der Waals surface area contributed by atoms with Crippen LogP contribution in [-0.4, -0.2) is 76.4 Å². The molecule has 0 aliphatic carbocycles. The maximum atomic E-state index is 13.1. The zero-order valence-electron chi connectivity index (χ0n) is 20.9. The number of ether oxygens (including phenoxy) is 1. The highest BCUT2D eigenvalue weighted by Crippen LogP contribution is 2.32. The molecular weight excluding hydrogens is 450 g/mol. The minimum Gasteiger partial charge on any atom is -0.442 e. The average Bonchev–Trinajstić information content (AvgIpc) is 3.33. The van der Waals surface area contributed by atoms with E-state index in [2.05, 4.69) is 22.6 Å². The first-order valence-electron chi connectivity index (χ1n) is 12.3. The van der Waals surface area contributed by atoms with Gasteiger partial charge in [-0.05, 0) is 58.2 Å². The van der Waals surface area contributed by atoms with Gasteiger partial charge in [0, 0.05) is 37.2 Å². The van der Waals surface area contributed by atoms with Gasteiger partial charge in [0.2, 0.25) is 11.8 Å². The van der Waals surface area contributed by atoms with Gasteiger partial charge in [-0.2, -0.15) is 0 Å². The number of likely N-dealkylation sites (tertiary alicyclic amines) is 1. The van der Waals surface area contributed by atoms with E-state index in [1.165, 1.54) is 9.91 Å². The highest BCUT2D eigenvalue weighted by atomic mass is 16.6. The predicted molar refractivity (Wildman–Crippen MR) is 129 cm³/mol. The van der Waals surface area contributed by atoms with E-state index in [9.17, 15) is 19.2 Å². The summed E-state index contributed by atoms with van der Waals surface area (Å²) in [6.45, 7) is 11.0. The molecule has 4 amide bonds. The van der Waals surface area contributed by atoms with Crippen molar-refractivity contribution in [2.24, 2.45) is 5.92 Å². The van der Waals surface area contributed by atoms with Crippen LogP contribution in [0.15, 0.2) is 18.2 Å². The number of piperidine rings is 1. The number of amides is 4. The fraction of sp³-hybridized carbons (Fsp3) is 0.600. The molecule has 0 saturated carbocycles. The van der Waals surface area contributed by atoms with Crippen molar-refractivity contribution < 1.29 is 23.9 Å². The standard InChI is InChI=1S/C25H35N5O5/c1-16-10-11-28(14-16)12-13-30(24(34)35-25(2,3)4)27-19-7-5-6-17-18(19)15-29(23(17)33)20-8-9-21(31)26-22(20)32/h5-7,16,20,27H,8-15H2,1-4H3,(H,26,31,32). The van der Waals surface area contributed by atoms with Crippen LogP contribution in [0.3, 0.4) is 0 Å². The lowest BCUT2D eigenvalue weighted by atomic mass is 10.0. The SMILES string of the molecule is CC1CCN(CCN(Nc2cccc3c2CN(C2CCC(=O)NC2=O)C3=O)C(=O)OC(C)(C)C)C1. The van der Waals surface area contributed by atoms with Crippen LogP contribution in [0, 0.1) is 5.92 Å². The molecule has 3 heterocycles. The monoisotopic (exact) mass is 485 g/mol. The van der Waals surface area contributed by atoms with Crippen LogP contribution in [0.4, 0.5) is 10.5 Å². The van der Waals surface area contributed by atoms with Crippen molar-refractivity contribution >= 4 is 29.5 Å². The summed E-state index contributed by atoms with van der Waals surface area (Å²) in [5, 5.41) is 3.78. The third kappa shape index (κ3) is 5.75. The minimum absolute atomic E-state index is 0.198. The van der Waals surface area contributed by atoms with Crippen LogP contribution in [0.2, 0.25) is 0 Å². The number of imide groups is 1. The van der Waals surface area contributed by atoms with Crippen LogP contribution < -0.4 is 10.7 Å². The van der Waals surface area contributed by atoms with Crippen molar-refractivity contribution in [2.75, 3.05) is 31.6 Å². The normalized spacial score (nSPS) is 22.7. The second-order valence-electron chi connectivity index (χ2n) is 10.7. The lowest BCUT2D eigenvalue weighted by Crippen LogP contribution is -2.52. The van der Waals surface area contributed by atoms with Crippen LogP contribution in [0.25, 0.3) is 0 Å². The number of nitrogens with zero attached hydrogens (tertiary/aromatic N) is 3. The molecule has 2 N–H and O–H groups in total. The van der Waals surface area contributed by atoms with Gasteiger partial charge < -0.3 is 14.5 Å². The summed E-state index contributed by atoms with van der Waals surface area (Å²) in [7, 11) is 0. The van der Waals surface area contributed by atoms with E-state index in [0.717, 1.165) is 19.5 Å². The molecule has 35 heavy (non-hydrogen) atoms. The molecule has 10 heteroatoms. The highest BCUT2D eigenvalue weighted by molar-refractivity contribution is 6.06. The van der Waals surface area contributed by atoms with Crippen LogP contribution in [0.1, 0.15) is 62.9 Å². The Bertz CT molecular complexity index is 1020. The van der Waals surface area contributed by atoms with E-state index in [1.54, 1.807) is 12.1 Å². The van der Waals surface area contributed by atoms with Gasteiger partial charge in [0.05, 0.1) is 12.2 Å². The number of fused-ring (bicyclic) bond motifs is 1. The van der Waals surface area contributed by atoms with Crippen molar-refractivity contribution in [2.45, 2.75) is 65.1 Å². The first-order valence-corrected chi connectivity index (χ1v) is 12.3. The molecule has 0 spiro atoms. The number of hydrogen-bond acceptors (Lipinski definition) is 7. The molecule has 190 valence electrons. The molecule has 3 aliphatic rings. The van der Waals surface area contributed by atoms with Gasteiger partial charge in [0.25, 0.3) is 5.91 Å². The second kappa shape index (κ2) is 9.85. The first kappa shape index (κ1) is 25.0. The van der Waals surface area contributed by atoms with Crippen molar-refractivity contribution in [3.8, 4) is 0 Å². The Morgan fingerprint density at radius 2 is 2.00 bits per heavy atom. The fourth-order valence-electron chi connectivity index (χ4n) is 4.82. The molecule has 0 radical (unpaired) electrons. The smallest absolute Gasteiger partial charge is 0.429 e. The minimum atomic E-state index is -0.695. The topological polar surface area (TPSA) is 111 Å². The predicted octanol–water partition coefficient (Wildman–Crippen LogP) is 2.35. The molecule has 10 nitrogen and oxygen atoms in total. The molecule has 0 bridgehead atoms. The van der Waals surface area contributed by atoms with E-state index < -0.39 is 23.6 Å².